The highest BCUT2D eigenvalue weighted by Crippen LogP contribution is 2.27. The number of aromatic hydroxyl groups is 1. The first kappa shape index (κ1) is 19.1. The van der Waals surface area contributed by atoms with Crippen LogP contribution in [0.3, 0.4) is 0 Å². The number of nitrogens with one attached hydrogen (secondary N) is 1. The van der Waals surface area contributed by atoms with Crippen LogP contribution >= 0.6 is 0 Å². The second-order valence-corrected chi connectivity index (χ2v) is 7.14. The van der Waals surface area contributed by atoms with E-state index in [0.29, 0.717) is 6.54 Å². The third-order valence-corrected chi connectivity index (χ3v) is 5.02. The number of amides is 1. The molecule has 8 nitrogen and oxygen atoms in total. The molecule has 2 rings (SSSR count). The largest absolute Gasteiger partial charge is 0.508 e. The van der Waals surface area contributed by atoms with Crippen LogP contribution in [0.15, 0.2) is 30.6 Å². The van der Waals surface area contributed by atoms with Crippen molar-refractivity contribution >= 4 is 17.0 Å². The average molecular weight is 367 g/mol. The Kier molecular flexibility index (Phi) is 5.93. The van der Waals surface area contributed by atoms with Crippen LogP contribution in [0.25, 0.3) is 11.1 Å². The van der Waals surface area contributed by atoms with E-state index < -0.39 is 22.4 Å². The maximum absolute atomic E-state index is 11.8. The van der Waals surface area contributed by atoms with Gasteiger partial charge < -0.3 is 9.66 Å². The van der Waals surface area contributed by atoms with Gasteiger partial charge in [0.2, 0.25) is 5.91 Å². The molecule has 0 aliphatic rings. The van der Waals surface area contributed by atoms with Gasteiger partial charge in [-0.3, -0.25) is 14.7 Å². The molecule has 2 aromatic rings. The van der Waals surface area contributed by atoms with Crippen LogP contribution in [0.2, 0.25) is 0 Å². The second-order valence-electron chi connectivity index (χ2n) is 6.21. The van der Waals surface area contributed by atoms with E-state index >= 15 is 0 Å². The topological polar surface area (TPSA) is 125 Å². The molecule has 0 fully saturated rings. The zero-order chi connectivity index (χ0) is 18.6. The summed E-state index contributed by atoms with van der Waals surface area (Å²) in [4.78, 5) is 11.8. The van der Waals surface area contributed by atoms with Crippen molar-refractivity contribution in [1.82, 2.24) is 15.3 Å². The molecule has 2 atom stereocenters. The molecular weight excluding hydrogens is 346 g/mol. The quantitative estimate of drug-likeness (QED) is 0.335. The van der Waals surface area contributed by atoms with Crippen LogP contribution in [-0.2, 0) is 22.4 Å². The summed E-state index contributed by atoms with van der Waals surface area (Å²) in [5, 5.41) is 22.6. The van der Waals surface area contributed by atoms with Gasteiger partial charge in [0, 0.05) is 18.3 Å². The predicted octanol–water partition coefficient (Wildman–Crippen LogP) is 1.69. The third kappa shape index (κ3) is 4.65. The Morgan fingerprint density at radius 3 is 2.76 bits per heavy atom. The Balaban J connectivity index is 2.14. The van der Waals surface area contributed by atoms with Crippen molar-refractivity contribution in [2.45, 2.75) is 26.8 Å². The summed E-state index contributed by atoms with van der Waals surface area (Å²) < 4.78 is 21.8. The van der Waals surface area contributed by atoms with Gasteiger partial charge in [0.25, 0.3) is 0 Å². The fourth-order valence-corrected chi connectivity index (χ4v) is 3.44. The summed E-state index contributed by atoms with van der Waals surface area (Å²) >= 11 is -2.17. The van der Waals surface area contributed by atoms with Crippen molar-refractivity contribution in [3.8, 4) is 16.9 Å². The summed E-state index contributed by atoms with van der Waals surface area (Å²) in [6, 6.07) is 5.05. The number of phenolic OH excluding ortho intramolecular Hbond substituents is 1. The van der Waals surface area contributed by atoms with E-state index in [1.54, 1.807) is 40.8 Å². The van der Waals surface area contributed by atoms with E-state index in [0.717, 1.165) is 16.7 Å². The van der Waals surface area contributed by atoms with Gasteiger partial charge in [-0.2, -0.15) is 5.10 Å². The van der Waals surface area contributed by atoms with Gasteiger partial charge in [0.1, 0.15) is 5.75 Å². The number of benzene rings is 1. The molecule has 4 N–H and O–H groups in total. The number of hydroxylamine groups is 1. The molecule has 2 unspecified atom stereocenters. The first-order valence-corrected chi connectivity index (χ1v) is 8.87. The van der Waals surface area contributed by atoms with Crippen LogP contribution in [0.1, 0.15) is 18.9 Å². The molecule has 25 heavy (non-hydrogen) atoms. The Labute approximate surface area is 147 Å². The minimum Gasteiger partial charge on any atom is -0.508 e. The Morgan fingerprint density at radius 1 is 1.44 bits per heavy atom. The minimum absolute atomic E-state index is 0.191. The molecule has 9 heteroatoms. The summed E-state index contributed by atoms with van der Waals surface area (Å²) in [6.07, 6.45) is 3.70. The van der Waals surface area contributed by atoms with Gasteiger partial charge in [-0.1, -0.05) is 6.07 Å². The predicted molar refractivity (Wildman–Crippen MR) is 92.4 cm³/mol. The van der Waals surface area contributed by atoms with Gasteiger partial charge >= 0.3 is 0 Å². The fourth-order valence-electron chi connectivity index (χ4n) is 2.62. The van der Waals surface area contributed by atoms with Gasteiger partial charge in [-0.25, -0.2) is 9.69 Å². The molecule has 0 saturated heterocycles. The third-order valence-electron chi connectivity index (χ3n) is 4.14. The molecule has 0 radical (unpaired) electrons. The smallest absolute Gasteiger partial charge is 0.250 e. The van der Waals surface area contributed by atoms with Gasteiger partial charge in [-0.05, 0) is 43.5 Å². The lowest BCUT2D eigenvalue weighted by Crippen LogP contribution is -2.42. The summed E-state index contributed by atoms with van der Waals surface area (Å²) in [5.74, 6) is -0.807. The van der Waals surface area contributed by atoms with Crippen LogP contribution in [0.5, 0.6) is 5.75 Å². The molecular formula is C16H21N3O5S. The molecule has 0 saturated carbocycles. The summed E-state index contributed by atoms with van der Waals surface area (Å²) in [5.41, 5.74) is 3.04. The van der Waals surface area contributed by atoms with E-state index in [9.17, 15) is 14.1 Å². The number of phenols is 1. The average Bonchev–Trinajstić information content (AvgIpc) is 3.00. The lowest BCUT2D eigenvalue weighted by molar-refractivity contribution is -0.138. The molecule has 0 aliphatic heterocycles. The zero-order valence-corrected chi connectivity index (χ0v) is 14.8. The maximum Gasteiger partial charge on any atom is 0.250 e. The molecule has 0 spiro atoms. The van der Waals surface area contributed by atoms with E-state index in [2.05, 4.69) is 5.10 Å². The van der Waals surface area contributed by atoms with E-state index in [-0.39, 0.29) is 17.9 Å². The van der Waals surface area contributed by atoms with Gasteiger partial charge in [0.15, 0.2) is 11.1 Å². The summed E-state index contributed by atoms with van der Waals surface area (Å²) in [6.45, 7) is 3.73. The number of aryl methyl sites for hydroxylation is 2. The van der Waals surface area contributed by atoms with Crippen LogP contribution in [0, 0.1) is 12.3 Å². The molecule has 1 heterocycles. The van der Waals surface area contributed by atoms with E-state index in [1.807, 2.05) is 6.92 Å². The van der Waals surface area contributed by atoms with Gasteiger partial charge in [0.05, 0.1) is 17.4 Å². The number of hydrogen-bond donors (Lipinski definition) is 4. The Bertz CT molecular complexity index is 792. The highest BCUT2D eigenvalue weighted by atomic mass is 32.2. The number of hydrogen-bond acceptors (Lipinski definition) is 5. The Morgan fingerprint density at radius 2 is 2.16 bits per heavy atom. The number of carbonyl (C=O) groups is 1. The fraction of sp³-hybridized carbons (Fsp3) is 0.375. The monoisotopic (exact) mass is 367 g/mol. The van der Waals surface area contributed by atoms with Crippen molar-refractivity contribution in [2.75, 3.05) is 5.75 Å². The zero-order valence-electron chi connectivity index (χ0n) is 14.0. The molecule has 1 aromatic heterocycles. The van der Waals surface area contributed by atoms with Crippen LogP contribution < -0.4 is 5.48 Å². The van der Waals surface area contributed by atoms with E-state index in [4.69, 9.17) is 9.76 Å². The SMILES string of the molecule is Cc1cc(O)ccc1-c1cnn(CCC(C)(CS(=O)O)C(=O)NO)c1. The second kappa shape index (κ2) is 7.77. The van der Waals surface area contributed by atoms with Crippen LogP contribution in [-0.4, -0.2) is 40.5 Å². The van der Waals surface area contributed by atoms with Crippen molar-refractivity contribution in [3.05, 3.63) is 36.2 Å². The van der Waals surface area contributed by atoms with Crippen LogP contribution in [0.4, 0.5) is 0 Å². The number of carbonyl (C=O) groups excluding carboxylic acids is 1. The molecule has 1 aromatic carbocycles. The number of rotatable bonds is 7. The highest BCUT2D eigenvalue weighted by molar-refractivity contribution is 7.79. The molecule has 1 amide bonds. The normalized spacial score (nSPS) is 14.7. The minimum atomic E-state index is -2.17. The maximum atomic E-state index is 11.8. The number of nitrogens with zero attached hydrogens (tertiary/aromatic N) is 2. The van der Waals surface area contributed by atoms with Crippen molar-refractivity contribution in [3.63, 3.8) is 0 Å². The van der Waals surface area contributed by atoms with Gasteiger partial charge in [-0.15, -0.1) is 0 Å². The first-order chi connectivity index (χ1) is 11.7. The standard InChI is InChI=1S/C16H21N3O5S/c1-11-7-13(20)3-4-14(11)12-8-17-19(9-12)6-5-16(2,10-25(23)24)15(21)18-22/h3-4,7-9,20,22H,5-6,10H2,1-2H3,(H,18,21)(H,23,24). The lowest BCUT2D eigenvalue weighted by Gasteiger charge is -2.25. The molecule has 0 bridgehead atoms. The molecule has 0 aliphatic carbocycles. The van der Waals surface area contributed by atoms with Crippen molar-refractivity contribution in [2.24, 2.45) is 5.41 Å². The summed E-state index contributed by atoms with van der Waals surface area (Å²) in [7, 11) is 0. The van der Waals surface area contributed by atoms with Crippen molar-refractivity contribution in [1.29, 1.82) is 0 Å². The lowest BCUT2D eigenvalue weighted by atomic mass is 9.88. The molecule has 136 valence electrons. The highest BCUT2D eigenvalue weighted by Gasteiger charge is 2.35. The first-order valence-electron chi connectivity index (χ1n) is 7.59. The Hall–Kier alpha value is -2.23. The van der Waals surface area contributed by atoms with Crippen molar-refractivity contribution < 1.29 is 23.9 Å². The van der Waals surface area contributed by atoms with E-state index in [1.165, 1.54) is 6.92 Å². The number of aromatic nitrogens is 2.